The lowest BCUT2D eigenvalue weighted by Gasteiger charge is -2.34. The number of hydrogen-bond acceptors (Lipinski definition) is 5. The van der Waals surface area contributed by atoms with Crippen molar-refractivity contribution in [2.45, 2.75) is 37.8 Å². The molecule has 2 aliphatic heterocycles. The van der Waals surface area contributed by atoms with E-state index in [2.05, 4.69) is 9.97 Å². The summed E-state index contributed by atoms with van der Waals surface area (Å²) < 4.78 is 40.6. The molecule has 0 spiro atoms. The first-order valence-electron chi connectivity index (χ1n) is 9.12. The Morgan fingerprint density at radius 2 is 2.00 bits per heavy atom. The smallest absolute Gasteiger partial charge is 0.273 e. The van der Waals surface area contributed by atoms with Gasteiger partial charge in [0.1, 0.15) is 11.3 Å². The molecule has 28 heavy (non-hydrogen) atoms. The maximum absolute atomic E-state index is 14.1. The lowest BCUT2D eigenvalue weighted by Crippen LogP contribution is -2.49. The molecule has 2 atom stereocenters. The van der Waals surface area contributed by atoms with E-state index < -0.39 is 5.92 Å². The van der Waals surface area contributed by atoms with Gasteiger partial charge in [0, 0.05) is 18.7 Å². The predicted molar refractivity (Wildman–Crippen MR) is 94.1 cm³/mol. The van der Waals surface area contributed by atoms with E-state index in [0.717, 1.165) is 19.8 Å². The van der Waals surface area contributed by atoms with Gasteiger partial charge < -0.3 is 14.1 Å². The third-order valence-electron chi connectivity index (χ3n) is 5.50. The number of halogens is 2. The zero-order chi connectivity index (χ0) is 19.5. The van der Waals surface area contributed by atoms with E-state index in [1.165, 1.54) is 35.5 Å². The van der Waals surface area contributed by atoms with Gasteiger partial charge in [-0.05, 0) is 18.9 Å². The molecule has 2 saturated heterocycles. The van der Waals surface area contributed by atoms with E-state index in [9.17, 15) is 13.6 Å². The van der Waals surface area contributed by atoms with Gasteiger partial charge in [-0.3, -0.25) is 9.20 Å². The van der Waals surface area contributed by atoms with Crippen molar-refractivity contribution < 1.29 is 22.7 Å². The average molecular weight is 388 g/mol. The molecule has 3 aromatic rings. The number of oxazole rings is 1. The molecule has 0 N–H and O–H groups in total. The Kier molecular flexibility index (Phi) is 3.77. The number of rotatable bonds is 3. The summed E-state index contributed by atoms with van der Waals surface area (Å²) in [6.45, 7) is 1.82. The Hall–Kier alpha value is -2.81. The van der Waals surface area contributed by atoms with Crippen molar-refractivity contribution >= 4 is 11.6 Å². The van der Waals surface area contributed by atoms with Crippen molar-refractivity contribution in [1.29, 1.82) is 0 Å². The van der Waals surface area contributed by atoms with Crippen LogP contribution in [0, 0.1) is 0 Å². The first kappa shape index (κ1) is 17.3. The lowest BCUT2D eigenvalue weighted by molar-refractivity contribution is -0.00757. The summed E-state index contributed by atoms with van der Waals surface area (Å²) in [4.78, 5) is 23.3. The largest absolute Gasteiger partial charge is 0.443 e. The predicted octanol–water partition coefficient (Wildman–Crippen LogP) is 3.10. The number of nitrogens with zero attached hydrogens (tertiary/aromatic N) is 4. The number of aromatic nitrogens is 3. The van der Waals surface area contributed by atoms with Gasteiger partial charge in [-0.2, -0.15) is 0 Å². The van der Waals surface area contributed by atoms with Gasteiger partial charge in [-0.15, -0.1) is 0 Å². The first-order valence-corrected chi connectivity index (χ1v) is 9.12. The van der Waals surface area contributed by atoms with Crippen LogP contribution in [0.2, 0.25) is 0 Å². The van der Waals surface area contributed by atoms with Gasteiger partial charge in [0.05, 0.1) is 43.3 Å². The molecule has 0 saturated carbocycles. The summed E-state index contributed by atoms with van der Waals surface area (Å²) in [5.74, 6) is -3.00. The van der Waals surface area contributed by atoms with E-state index >= 15 is 0 Å². The highest BCUT2D eigenvalue weighted by atomic mass is 19.3. The Bertz CT molecular complexity index is 1030. The number of carbonyl (C=O) groups excluding carboxylic acids is 1. The summed E-state index contributed by atoms with van der Waals surface area (Å²) in [7, 11) is 0. The summed E-state index contributed by atoms with van der Waals surface area (Å²) in [5.41, 5.74) is 0.748. The Morgan fingerprint density at radius 1 is 1.25 bits per heavy atom. The zero-order valence-corrected chi connectivity index (χ0v) is 15.1. The molecule has 5 rings (SSSR count). The molecule has 0 aliphatic carbocycles. The molecule has 0 radical (unpaired) electrons. The highest BCUT2D eigenvalue weighted by Crippen LogP contribution is 2.35. The van der Waals surface area contributed by atoms with Crippen LogP contribution in [0.4, 0.5) is 8.78 Å². The highest BCUT2D eigenvalue weighted by molar-refractivity contribution is 5.95. The molecule has 7 nitrogen and oxygen atoms in total. The van der Waals surface area contributed by atoms with Crippen molar-refractivity contribution in [1.82, 2.24) is 19.3 Å². The first-order chi connectivity index (χ1) is 13.4. The molecule has 1 amide bonds. The minimum atomic E-state index is -3.09. The fourth-order valence-corrected chi connectivity index (χ4v) is 4.11. The fraction of sp³-hybridized carbons (Fsp3) is 0.421. The van der Waals surface area contributed by atoms with Crippen molar-refractivity contribution in [2.75, 3.05) is 13.2 Å². The second-order valence-electron chi connectivity index (χ2n) is 7.37. The van der Waals surface area contributed by atoms with E-state index in [4.69, 9.17) is 9.15 Å². The van der Waals surface area contributed by atoms with Gasteiger partial charge in [-0.1, -0.05) is 0 Å². The Balaban J connectivity index is 1.67. The number of alkyl halides is 2. The molecule has 9 heteroatoms. The fourth-order valence-electron chi connectivity index (χ4n) is 4.11. The number of morpholine rings is 1. The van der Waals surface area contributed by atoms with Crippen LogP contribution in [0.25, 0.3) is 17.0 Å². The van der Waals surface area contributed by atoms with Gasteiger partial charge in [0.25, 0.3) is 11.8 Å². The standard InChI is InChI=1S/C19H18F2N4O3/c1-19(20,21)11-4-14(16-6-22-10-28-16)17-23-5-15(24(17)7-11)18(26)25-12-2-3-13(25)9-27-8-12/h4-7,10,12-13H,2-3,8-9H2,1H3. The van der Waals surface area contributed by atoms with E-state index in [1.54, 1.807) is 0 Å². The van der Waals surface area contributed by atoms with Crippen molar-refractivity contribution in [2.24, 2.45) is 0 Å². The van der Waals surface area contributed by atoms with Crippen LogP contribution in [0.1, 0.15) is 35.8 Å². The number of carbonyl (C=O) groups is 1. The van der Waals surface area contributed by atoms with E-state index in [1.807, 2.05) is 4.90 Å². The Labute approximate surface area is 158 Å². The molecule has 2 bridgehead atoms. The number of hydrogen-bond donors (Lipinski definition) is 0. The van der Waals surface area contributed by atoms with Gasteiger partial charge >= 0.3 is 0 Å². The molecule has 5 heterocycles. The highest BCUT2D eigenvalue weighted by Gasteiger charge is 2.41. The zero-order valence-electron chi connectivity index (χ0n) is 15.1. The van der Waals surface area contributed by atoms with Crippen LogP contribution in [0.15, 0.2) is 35.5 Å². The van der Waals surface area contributed by atoms with E-state index in [-0.39, 0.29) is 29.2 Å². The van der Waals surface area contributed by atoms with Crippen LogP contribution in [0.5, 0.6) is 0 Å². The second kappa shape index (κ2) is 6.10. The molecular weight excluding hydrogens is 370 g/mol. The third-order valence-corrected chi connectivity index (χ3v) is 5.50. The summed E-state index contributed by atoms with van der Waals surface area (Å²) >= 11 is 0. The number of imidazole rings is 1. The lowest BCUT2D eigenvalue weighted by atomic mass is 10.1. The van der Waals surface area contributed by atoms with Crippen LogP contribution >= 0.6 is 0 Å². The van der Waals surface area contributed by atoms with Crippen molar-refractivity contribution in [3.8, 4) is 11.3 Å². The normalized spacial score (nSPS) is 22.2. The minimum absolute atomic E-state index is 0.0151. The molecule has 2 fully saturated rings. The van der Waals surface area contributed by atoms with Gasteiger partial charge in [0.15, 0.2) is 12.2 Å². The van der Waals surface area contributed by atoms with Crippen LogP contribution in [0.3, 0.4) is 0 Å². The topological polar surface area (TPSA) is 72.9 Å². The molecule has 0 aromatic carbocycles. The summed E-state index contributed by atoms with van der Waals surface area (Å²) in [5, 5.41) is 0. The maximum atomic E-state index is 14.1. The summed E-state index contributed by atoms with van der Waals surface area (Å²) in [6, 6.07) is 1.36. The number of amides is 1. The monoisotopic (exact) mass is 388 g/mol. The quantitative estimate of drug-likeness (QED) is 0.689. The van der Waals surface area contributed by atoms with Crippen LogP contribution < -0.4 is 0 Å². The maximum Gasteiger partial charge on any atom is 0.273 e. The van der Waals surface area contributed by atoms with Crippen LogP contribution in [-0.2, 0) is 10.7 Å². The SMILES string of the molecule is CC(F)(F)c1cc(-c2cnco2)c2ncc(C(=O)N3C4CCC3COC4)n2c1. The van der Waals surface area contributed by atoms with Crippen LogP contribution in [-0.4, -0.2) is 50.5 Å². The van der Waals surface area contributed by atoms with Crippen molar-refractivity contribution in [3.63, 3.8) is 0 Å². The van der Waals surface area contributed by atoms with Gasteiger partial charge in [-0.25, -0.2) is 18.7 Å². The molecule has 3 aromatic heterocycles. The van der Waals surface area contributed by atoms with Gasteiger partial charge in [0.2, 0.25) is 0 Å². The molecule has 2 unspecified atom stereocenters. The average Bonchev–Trinajstić information content (AvgIpc) is 3.38. The van der Waals surface area contributed by atoms with Crippen molar-refractivity contribution in [3.05, 3.63) is 42.3 Å². The number of pyridine rings is 1. The molecular formula is C19H18F2N4O3. The number of ether oxygens (including phenoxy) is 1. The van der Waals surface area contributed by atoms with E-state index in [0.29, 0.717) is 30.2 Å². The minimum Gasteiger partial charge on any atom is -0.443 e. The summed E-state index contributed by atoms with van der Waals surface area (Å²) in [6.07, 6.45) is 7.14. The molecule has 146 valence electrons. The number of fused-ring (bicyclic) bond motifs is 3. The Morgan fingerprint density at radius 3 is 2.64 bits per heavy atom. The third kappa shape index (κ3) is 2.61. The molecule has 2 aliphatic rings. The second-order valence-corrected chi connectivity index (χ2v) is 7.37.